The van der Waals surface area contributed by atoms with Crippen LogP contribution < -0.4 is 15.5 Å². The second-order valence-corrected chi connectivity index (χ2v) is 7.84. The molecule has 2 bridgehead atoms. The van der Waals surface area contributed by atoms with Crippen molar-refractivity contribution in [3.63, 3.8) is 0 Å². The molecule has 130 valence electrons. The fraction of sp³-hybridized carbons (Fsp3) is 0.526. The second kappa shape index (κ2) is 5.66. The first kappa shape index (κ1) is 15.1. The fourth-order valence-electron chi connectivity index (χ4n) is 4.46. The lowest BCUT2D eigenvalue weighted by Gasteiger charge is -2.36. The molecule has 2 saturated heterocycles. The highest BCUT2D eigenvalue weighted by Crippen LogP contribution is 2.52. The molecule has 0 unspecified atom stereocenters. The third-order valence-corrected chi connectivity index (χ3v) is 5.82. The van der Waals surface area contributed by atoms with Gasteiger partial charge in [0.15, 0.2) is 0 Å². The highest BCUT2D eigenvalue weighted by molar-refractivity contribution is 5.55. The molecule has 4 heterocycles. The Balaban J connectivity index is 1.33. The van der Waals surface area contributed by atoms with E-state index in [0.29, 0.717) is 11.5 Å². The smallest absolute Gasteiger partial charge is 0.227 e. The second-order valence-electron chi connectivity index (χ2n) is 7.84. The number of hydrogen-bond donors (Lipinski definition) is 2. The van der Waals surface area contributed by atoms with Gasteiger partial charge in [-0.2, -0.15) is 4.98 Å². The summed E-state index contributed by atoms with van der Waals surface area (Å²) < 4.78 is 0. The molecule has 2 aromatic heterocycles. The van der Waals surface area contributed by atoms with E-state index in [9.17, 15) is 0 Å². The van der Waals surface area contributed by atoms with Crippen LogP contribution in [0.3, 0.4) is 0 Å². The summed E-state index contributed by atoms with van der Waals surface area (Å²) >= 11 is 0. The largest absolute Gasteiger partial charge is 0.337 e. The summed E-state index contributed by atoms with van der Waals surface area (Å²) in [5, 5.41) is 6.69. The van der Waals surface area contributed by atoms with E-state index in [1.165, 1.54) is 31.2 Å². The predicted molar refractivity (Wildman–Crippen MR) is 98.3 cm³/mol. The molecule has 2 N–H and O–H groups in total. The maximum Gasteiger partial charge on any atom is 0.227 e. The summed E-state index contributed by atoms with van der Waals surface area (Å²) in [5.41, 5.74) is 1.80. The van der Waals surface area contributed by atoms with E-state index in [0.717, 1.165) is 36.6 Å². The van der Waals surface area contributed by atoms with Gasteiger partial charge < -0.3 is 15.5 Å². The number of nitrogens with one attached hydrogen (secondary N) is 2. The van der Waals surface area contributed by atoms with Gasteiger partial charge in [0.05, 0.1) is 0 Å². The van der Waals surface area contributed by atoms with E-state index in [1.54, 1.807) is 0 Å². The minimum absolute atomic E-state index is 0.423. The topological polar surface area (TPSA) is 66.0 Å². The fourth-order valence-corrected chi connectivity index (χ4v) is 4.46. The van der Waals surface area contributed by atoms with Crippen molar-refractivity contribution in [1.29, 1.82) is 0 Å². The number of fused-ring (bicyclic) bond motifs is 1. The Morgan fingerprint density at radius 1 is 1.16 bits per heavy atom. The summed E-state index contributed by atoms with van der Waals surface area (Å²) in [7, 11) is 2.04. The van der Waals surface area contributed by atoms with E-state index in [-0.39, 0.29) is 0 Å². The summed E-state index contributed by atoms with van der Waals surface area (Å²) in [6, 6.07) is 6.78. The van der Waals surface area contributed by atoms with Gasteiger partial charge in [-0.3, -0.25) is 0 Å². The lowest BCUT2D eigenvalue weighted by molar-refractivity contribution is 0.196. The van der Waals surface area contributed by atoms with Crippen LogP contribution >= 0.6 is 0 Å². The molecule has 6 nitrogen and oxygen atoms in total. The van der Waals surface area contributed by atoms with Crippen molar-refractivity contribution in [2.45, 2.75) is 37.6 Å². The van der Waals surface area contributed by atoms with Gasteiger partial charge in [-0.05, 0) is 62.4 Å². The molecule has 6 rings (SSSR count). The minimum Gasteiger partial charge on any atom is -0.337 e. The van der Waals surface area contributed by atoms with Crippen LogP contribution in [0.25, 0.3) is 0 Å². The van der Waals surface area contributed by atoms with Gasteiger partial charge in [-0.15, -0.1) is 0 Å². The van der Waals surface area contributed by atoms with Crippen LogP contribution in [0.2, 0.25) is 0 Å². The Morgan fingerprint density at radius 3 is 2.80 bits per heavy atom. The first-order chi connectivity index (χ1) is 12.2. The molecule has 6 heteroatoms. The van der Waals surface area contributed by atoms with Gasteiger partial charge in [0.1, 0.15) is 11.6 Å². The monoisotopic (exact) mass is 336 g/mol. The molecule has 2 aliphatic heterocycles. The molecule has 0 spiro atoms. The van der Waals surface area contributed by atoms with Crippen LogP contribution in [0.15, 0.2) is 30.6 Å². The molecule has 2 aromatic rings. The van der Waals surface area contributed by atoms with Crippen LogP contribution in [-0.2, 0) is 0 Å². The number of nitrogens with zero attached hydrogens (tertiary/aromatic N) is 4. The molecule has 2 aliphatic carbocycles. The van der Waals surface area contributed by atoms with E-state index in [4.69, 9.17) is 4.98 Å². The third kappa shape index (κ3) is 2.74. The van der Waals surface area contributed by atoms with Crippen LogP contribution in [0.1, 0.15) is 37.2 Å². The van der Waals surface area contributed by atoms with Gasteiger partial charge in [0.25, 0.3) is 0 Å². The third-order valence-electron chi connectivity index (χ3n) is 5.82. The number of rotatable bonds is 6. The van der Waals surface area contributed by atoms with Gasteiger partial charge in [-0.1, -0.05) is 0 Å². The first-order valence-corrected chi connectivity index (χ1v) is 9.22. The zero-order chi connectivity index (χ0) is 16.9. The van der Waals surface area contributed by atoms with Gasteiger partial charge >= 0.3 is 0 Å². The zero-order valence-corrected chi connectivity index (χ0v) is 14.6. The molecule has 0 radical (unpaired) electrons. The summed E-state index contributed by atoms with van der Waals surface area (Å²) in [4.78, 5) is 16.1. The Kier molecular flexibility index (Phi) is 3.41. The SMILES string of the molecule is CNCC12CC(C1)N(c1nccc(Nc3cc(C4CC4)ccn3)n1)C2. The average molecular weight is 336 g/mol. The normalized spacial score (nSPS) is 27.2. The first-order valence-electron chi connectivity index (χ1n) is 9.22. The minimum atomic E-state index is 0.423. The number of aromatic nitrogens is 3. The molecular formula is C19H24N6. The average Bonchev–Trinajstić information content (AvgIpc) is 3.30. The van der Waals surface area contributed by atoms with Crippen LogP contribution in [0.4, 0.5) is 17.6 Å². The Morgan fingerprint density at radius 2 is 2.00 bits per heavy atom. The van der Waals surface area contributed by atoms with Crippen molar-refractivity contribution >= 4 is 17.6 Å². The lowest BCUT2D eigenvalue weighted by atomic mass is 9.70. The molecule has 0 aromatic carbocycles. The lowest BCUT2D eigenvalue weighted by Crippen LogP contribution is -2.41. The van der Waals surface area contributed by atoms with Gasteiger partial charge in [0.2, 0.25) is 5.95 Å². The van der Waals surface area contributed by atoms with Crippen molar-refractivity contribution in [2.75, 3.05) is 30.4 Å². The van der Waals surface area contributed by atoms with E-state index >= 15 is 0 Å². The molecule has 0 atom stereocenters. The predicted octanol–water partition coefficient (Wildman–Crippen LogP) is 2.68. The van der Waals surface area contributed by atoms with E-state index in [1.807, 2.05) is 25.5 Å². The van der Waals surface area contributed by atoms with Gasteiger partial charge in [-0.25, -0.2) is 9.97 Å². The van der Waals surface area contributed by atoms with Crippen LogP contribution in [0.5, 0.6) is 0 Å². The Bertz CT molecular complexity index is 781. The molecule has 25 heavy (non-hydrogen) atoms. The summed E-state index contributed by atoms with van der Waals surface area (Å²) in [5.74, 6) is 3.25. The van der Waals surface area contributed by atoms with E-state index in [2.05, 4.69) is 37.6 Å². The summed E-state index contributed by atoms with van der Waals surface area (Å²) in [6.07, 6.45) is 8.82. The van der Waals surface area contributed by atoms with Crippen LogP contribution in [-0.4, -0.2) is 41.1 Å². The maximum atomic E-state index is 4.75. The Labute approximate surface area is 148 Å². The van der Waals surface area contributed by atoms with Crippen LogP contribution in [0, 0.1) is 5.41 Å². The molecule has 4 aliphatic rings. The molecule has 0 amide bonds. The maximum absolute atomic E-state index is 4.75. The van der Waals surface area contributed by atoms with Crippen molar-refractivity contribution < 1.29 is 0 Å². The molecule has 4 fully saturated rings. The molecule has 2 saturated carbocycles. The number of hydrogen-bond acceptors (Lipinski definition) is 6. The quantitative estimate of drug-likeness (QED) is 0.845. The van der Waals surface area contributed by atoms with Crippen molar-refractivity contribution in [3.8, 4) is 0 Å². The highest BCUT2D eigenvalue weighted by atomic mass is 15.3. The number of pyridine rings is 1. The standard InChI is InChI=1S/C19H24N6/c1-20-11-19-9-15(10-19)25(12-19)18-22-7-5-16(24-18)23-17-8-14(4-6-21-17)13-2-3-13/h4-8,13,15,20H,2-3,9-12H2,1H3,(H,21,22,23,24). The number of anilines is 3. The van der Waals surface area contributed by atoms with Crippen molar-refractivity contribution in [2.24, 2.45) is 5.41 Å². The van der Waals surface area contributed by atoms with Crippen molar-refractivity contribution in [3.05, 3.63) is 36.2 Å². The molecular weight excluding hydrogens is 312 g/mol. The van der Waals surface area contributed by atoms with Crippen molar-refractivity contribution in [1.82, 2.24) is 20.3 Å². The summed E-state index contributed by atoms with van der Waals surface area (Å²) in [6.45, 7) is 2.13. The van der Waals surface area contributed by atoms with Gasteiger partial charge in [0, 0.05) is 36.9 Å². The van der Waals surface area contributed by atoms with E-state index < -0.39 is 0 Å². The Hall–Kier alpha value is -2.21. The highest BCUT2D eigenvalue weighted by Gasteiger charge is 2.55. The zero-order valence-electron chi connectivity index (χ0n) is 14.6.